The minimum absolute atomic E-state index is 0.00542. The first-order valence-corrected chi connectivity index (χ1v) is 8.51. The van der Waals surface area contributed by atoms with Gasteiger partial charge in [-0.3, -0.25) is 10.1 Å². The van der Waals surface area contributed by atoms with Crippen LogP contribution in [0.3, 0.4) is 0 Å². The number of nitro groups is 1. The van der Waals surface area contributed by atoms with Crippen LogP contribution in [0.15, 0.2) is 52.1 Å². The van der Waals surface area contributed by atoms with Gasteiger partial charge in [-0.25, -0.2) is 0 Å². The maximum atomic E-state index is 10.9. The summed E-state index contributed by atoms with van der Waals surface area (Å²) >= 11 is 1.28. The van der Waals surface area contributed by atoms with Gasteiger partial charge in [-0.1, -0.05) is 11.8 Å². The van der Waals surface area contributed by atoms with Crippen LogP contribution in [0.4, 0.5) is 5.69 Å². The van der Waals surface area contributed by atoms with Crippen molar-refractivity contribution in [3.05, 3.63) is 58.1 Å². The summed E-state index contributed by atoms with van der Waals surface area (Å²) in [5.74, 6) is 2.09. The molecule has 0 saturated carbocycles. The number of thioether (sulfide) groups is 1. The molecule has 0 radical (unpaired) electrons. The number of ether oxygens (including phenoxy) is 2. The second-order valence-electron chi connectivity index (χ2n) is 5.14. The number of methoxy groups -OCH3 is 2. The Morgan fingerprint density at radius 1 is 1.12 bits per heavy atom. The molecule has 0 aliphatic rings. The van der Waals surface area contributed by atoms with E-state index in [0.29, 0.717) is 28.2 Å². The van der Waals surface area contributed by atoms with E-state index in [2.05, 4.69) is 10.2 Å². The van der Waals surface area contributed by atoms with Crippen molar-refractivity contribution in [1.82, 2.24) is 10.2 Å². The van der Waals surface area contributed by atoms with Crippen molar-refractivity contribution in [3.63, 3.8) is 0 Å². The number of hydrogen-bond acceptors (Lipinski definition) is 8. The van der Waals surface area contributed by atoms with Gasteiger partial charge in [0.25, 0.3) is 10.9 Å². The van der Waals surface area contributed by atoms with Gasteiger partial charge >= 0.3 is 0 Å². The van der Waals surface area contributed by atoms with E-state index in [0.717, 1.165) is 11.3 Å². The largest absolute Gasteiger partial charge is 0.497 e. The summed E-state index contributed by atoms with van der Waals surface area (Å²) in [6.45, 7) is 0. The maximum Gasteiger partial charge on any atom is 0.277 e. The van der Waals surface area contributed by atoms with E-state index in [-0.39, 0.29) is 5.69 Å². The number of aromatic nitrogens is 2. The van der Waals surface area contributed by atoms with Gasteiger partial charge in [-0.15, -0.1) is 10.2 Å². The van der Waals surface area contributed by atoms with Crippen LogP contribution in [-0.4, -0.2) is 29.3 Å². The summed E-state index contributed by atoms with van der Waals surface area (Å²) in [5, 5.41) is 19.3. The van der Waals surface area contributed by atoms with Crippen LogP contribution < -0.4 is 9.47 Å². The fourth-order valence-corrected chi connectivity index (χ4v) is 2.99. The molecule has 9 heteroatoms. The molecule has 0 saturated heterocycles. The third-order valence-electron chi connectivity index (χ3n) is 3.57. The van der Waals surface area contributed by atoms with Gasteiger partial charge in [0, 0.05) is 29.0 Å². The normalized spacial score (nSPS) is 10.5. The van der Waals surface area contributed by atoms with Crippen molar-refractivity contribution in [2.75, 3.05) is 14.2 Å². The summed E-state index contributed by atoms with van der Waals surface area (Å²) in [5.41, 5.74) is 1.46. The first kappa shape index (κ1) is 17.7. The first-order chi connectivity index (χ1) is 12.6. The number of hydrogen-bond donors (Lipinski definition) is 0. The maximum absolute atomic E-state index is 10.9. The molecule has 2 aromatic carbocycles. The average Bonchev–Trinajstić information content (AvgIpc) is 3.15. The molecule has 0 unspecified atom stereocenters. The zero-order valence-corrected chi connectivity index (χ0v) is 14.9. The second kappa shape index (κ2) is 7.87. The molecule has 0 aliphatic heterocycles. The number of nitrogens with zero attached hydrogens (tertiary/aromatic N) is 3. The summed E-state index contributed by atoms with van der Waals surface area (Å²) < 4.78 is 16.0. The molecule has 0 amide bonds. The molecular weight excluding hydrogens is 358 g/mol. The highest BCUT2D eigenvalue weighted by Crippen LogP contribution is 2.31. The van der Waals surface area contributed by atoms with Gasteiger partial charge in [-0.2, -0.15) is 0 Å². The van der Waals surface area contributed by atoms with Gasteiger partial charge in [0.2, 0.25) is 5.89 Å². The Bertz CT molecular complexity index is 911. The molecule has 3 rings (SSSR count). The standard InChI is InChI=1S/C17H15N3O5S/c1-23-14-6-3-11(4-7-14)16-18-19-17(25-16)26-10-12-9-13(20(21)22)5-8-15(12)24-2/h3-9H,10H2,1-2H3. The SMILES string of the molecule is COc1ccc(-c2nnc(SCc3cc([N+](=O)[O-])ccc3OC)o2)cc1. The minimum Gasteiger partial charge on any atom is -0.497 e. The van der Waals surface area contributed by atoms with Crippen LogP contribution in [0.5, 0.6) is 11.5 Å². The fourth-order valence-electron chi connectivity index (χ4n) is 2.25. The van der Waals surface area contributed by atoms with Gasteiger partial charge < -0.3 is 13.9 Å². The van der Waals surface area contributed by atoms with Gasteiger partial charge in [-0.05, 0) is 30.3 Å². The Labute approximate surface area is 153 Å². The molecule has 3 aromatic rings. The van der Waals surface area contributed by atoms with Crippen LogP contribution >= 0.6 is 11.8 Å². The van der Waals surface area contributed by atoms with Crippen LogP contribution in [0.25, 0.3) is 11.5 Å². The number of non-ortho nitro benzene ring substituents is 1. The lowest BCUT2D eigenvalue weighted by molar-refractivity contribution is -0.384. The molecule has 26 heavy (non-hydrogen) atoms. The van der Waals surface area contributed by atoms with Crippen LogP contribution in [0.2, 0.25) is 0 Å². The Kier molecular flexibility index (Phi) is 5.37. The smallest absolute Gasteiger partial charge is 0.277 e. The number of benzene rings is 2. The molecule has 0 fully saturated rings. The highest BCUT2D eigenvalue weighted by atomic mass is 32.2. The van der Waals surface area contributed by atoms with Gasteiger partial charge in [0.05, 0.1) is 19.1 Å². The van der Waals surface area contributed by atoms with Crippen molar-refractivity contribution < 1.29 is 18.8 Å². The van der Waals surface area contributed by atoms with E-state index >= 15 is 0 Å². The van der Waals surface area contributed by atoms with E-state index in [1.165, 1.54) is 31.0 Å². The average molecular weight is 373 g/mol. The van der Waals surface area contributed by atoms with Gasteiger partial charge in [0.15, 0.2) is 0 Å². The molecule has 0 atom stereocenters. The van der Waals surface area contributed by atoms with E-state index < -0.39 is 4.92 Å². The summed E-state index contributed by atoms with van der Waals surface area (Å²) in [6, 6.07) is 11.7. The molecule has 0 N–H and O–H groups in total. The molecule has 1 aromatic heterocycles. The zero-order chi connectivity index (χ0) is 18.5. The molecule has 8 nitrogen and oxygen atoms in total. The predicted molar refractivity (Wildman–Crippen MR) is 95.5 cm³/mol. The number of nitro benzene ring substituents is 1. The van der Waals surface area contributed by atoms with Crippen molar-refractivity contribution in [2.45, 2.75) is 11.0 Å². The highest BCUT2D eigenvalue weighted by Gasteiger charge is 2.14. The Morgan fingerprint density at radius 2 is 1.88 bits per heavy atom. The Balaban J connectivity index is 1.73. The number of rotatable bonds is 7. The third-order valence-corrected chi connectivity index (χ3v) is 4.44. The summed E-state index contributed by atoms with van der Waals surface area (Å²) in [6.07, 6.45) is 0. The topological polar surface area (TPSA) is 101 Å². The van der Waals surface area contributed by atoms with Crippen LogP contribution in [0.1, 0.15) is 5.56 Å². The van der Waals surface area contributed by atoms with Gasteiger partial charge in [0.1, 0.15) is 11.5 Å². The van der Waals surface area contributed by atoms with E-state index in [1.807, 2.05) is 12.1 Å². The lowest BCUT2D eigenvalue weighted by Crippen LogP contribution is -1.94. The van der Waals surface area contributed by atoms with Crippen molar-refractivity contribution in [3.8, 4) is 23.0 Å². The Morgan fingerprint density at radius 3 is 2.54 bits per heavy atom. The quantitative estimate of drug-likeness (QED) is 0.348. The second-order valence-corrected chi connectivity index (χ2v) is 6.07. The third kappa shape index (κ3) is 3.94. The molecule has 0 aliphatic carbocycles. The molecule has 0 bridgehead atoms. The predicted octanol–water partition coefficient (Wildman–Crippen LogP) is 3.95. The lowest BCUT2D eigenvalue weighted by Gasteiger charge is -2.06. The Hall–Kier alpha value is -3.07. The van der Waals surface area contributed by atoms with Crippen LogP contribution in [0, 0.1) is 10.1 Å². The lowest BCUT2D eigenvalue weighted by atomic mass is 10.2. The molecule has 134 valence electrons. The van der Waals surface area contributed by atoms with E-state index in [1.54, 1.807) is 25.3 Å². The fraction of sp³-hybridized carbons (Fsp3) is 0.176. The zero-order valence-electron chi connectivity index (χ0n) is 14.0. The molecule has 0 spiro atoms. The highest BCUT2D eigenvalue weighted by molar-refractivity contribution is 7.98. The summed E-state index contributed by atoms with van der Waals surface area (Å²) in [7, 11) is 3.11. The minimum atomic E-state index is -0.442. The van der Waals surface area contributed by atoms with Crippen LogP contribution in [-0.2, 0) is 5.75 Å². The first-order valence-electron chi connectivity index (χ1n) is 7.52. The van der Waals surface area contributed by atoms with Crippen molar-refractivity contribution >= 4 is 17.4 Å². The molecular formula is C17H15N3O5S. The van der Waals surface area contributed by atoms with Crippen molar-refractivity contribution in [2.24, 2.45) is 0 Å². The van der Waals surface area contributed by atoms with Crippen molar-refractivity contribution in [1.29, 1.82) is 0 Å². The monoisotopic (exact) mass is 373 g/mol. The summed E-state index contributed by atoms with van der Waals surface area (Å²) in [4.78, 5) is 10.5. The van der Waals surface area contributed by atoms with E-state index in [9.17, 15) is 10.1 Å². The van der Waals surface area contributed by atoms with E-state index in [4.69, 9.17) is 13.9 Å². The molecule has 1 heterocycles.